The number of oxazole rings is 1. The van der Waals surface area contributed by atoms with Gasteiger partial charge in [0.2, 0.25) is 5.89 Å². The van der Waals surface area contributed by atoms with E-state index in [1.165, 1.54) is 11.1 Å². The fraction of sp³-hybridized carbons (Fsp3) is 0.348. The lowest BCUT2D eigenvalue weighted by atomic mass is 9.72. The monoisotopic (exact) mass is 663 g/mol. The van der Waals surface area contributed by atoms with Crippen molar-refractivity contribution in [1.29, 1.82) is 0 Å². The molecule has 0 amide bonds. The molecule has 0 radical (unpaired) electrons. The van der Waals surface area contributed by atoms with Gasteiger partial charge in [0.05, 0.1) is 17.1 Å². The van der Waals surface area contributed by atoms with Crippen molar-refractivity contribution in [2.45, 2.75) is 92.9 Å². The van der Waals surface area contributed by atoms with Crippen molar-refractivity contribution in [3.05, 3.63) is 126 Å². The topological polar surface area (TPSA) is 43.9 Å². The highest BCUT2D eigenvalue weighted by atomic mass is 16.3. The van der Waals surface area contributed by atoms with Crippen molar-refractivity contribution < 1.29 is 4.42 Å². The third-order valence-electron chi connectivity index (χ3n) is 9.43. The number of hydrogen-bond donors (Lipinski definition) is 0. The zero-order valence-electron chi connectivity index (χ0n) is 31.6. The molecule has 0 aliphatic heterocycles. The molecule has 6 rings (SSSR count). The fourth-order valence-corrected chi connectivity index (χ4v) is 7.80. The van der Waals surface area contributed by atoms with Crippen LogP contribution in [0.1, 0.15) is 104 Å². The standard InChI is InChI=1S/C46H53N3O/c1-43(2,3)30-45(7,8)35-22-15-32(16-23-35)17-26-37-29-40(33-18-24-36(25-19-33)46(9,10)31-44(4,5)6)49(48-37)38-27-20-34(21-28-38)42-47-39-13-11-12-14-41(39)50-42/h11-29H,30-31H2,1-10H3. The molecule has 0 aliphatic carbocycles. The van der Waals surface area contributed by atoms with Crippen molar-refractivity contribution in [3.63, 3.8) is 0 Å². The summed E-state index contributed by atoms with van der Waals surface area (Å²) in [7, 11) is 0. The van der Waals surface area contributed by atoms with Gasteiger partial charge in [-0.1, -0.05) is 136 Å². The molecule has 4 nitrogen and oxygen atoms in total. The number of fused-ring (bicyclic) bond motifs is 1. The minimum absolute atomic E-state index is 0.0724. The predicted molar refractivity (Wildman–Crippen MR) is 212 cm³/mol. The molecule has 0 saturated heterocycles. The number of hydrogen-bond acceptors (Lipinski definition) is 3. The molecule has 4 heteroatoms. The quantitative estimate of drug-likeness (QED) is 0.155. The molecule has 0 saturated carbocycles. The summed E-state index contributed by atoms with van der Waals surface area (Å²) in [6.07, 6.45) is 6.50. The molecule has 50 heavy (non-hydrogen) atoms. The summed E-state index contributed by atoms with van der Waals surface area (Å²) < 4.78 is 8.09. The SMILES string of the molecule is CC(C)(C)CC(C)(C)c1ccc(C=Cc2cc(-c3ccc(C(C)(C)CC(C)(C)C)cc3)n(-c3ccc(-c4nc5ccccc5o4)cc3)n2)cc1. The zero-order valence-corrected chi connectivity index (χ0v) is 31.6. The maximum absolute atomic E-state index is 6.04. The molecular formula is C46H53N3O. The van der Waals surface area contributed by atoms with Crippen LogP contribution in [0, 0.1) is 10.8 Å². The third-order valence-corrected chi connectivity index (χ3v) is 9.43. The van der Waals surface area contributed by atoms with Crippen LogP contribution in [-0.4, -0.2) is 14.8 Å². The summed E-state index contributed by atoms with van der Waals surface area (Å²) in [6.45, 7) is 23.3. The summed E-state index contributed by atoms with van der Waals surface area (Å²) in [5, 5.41) is 5.12. The predicted octanol–water partition coefficient (Wildman–Crippen LogP) is 12.9. The van der Waals surface area contributed by atoms with E-state index in [0.717, 1.165) is 57.7 Å². The minimum Gasteiger partial charge on any atom is -0.436 e. The second-order valence-corrected chi connectivity index (χ2v) is 17.7. The van der Waals surface area contributed by atoms with Crippen LogP contribution in [0.5, 0.6) is 0 Å². The van der Waals surface area contributed by atoms with E-state index >= 15 is 0 Å². The Morgan fingerprint density at radius 2 is 1.14 bits per heavy atom. The molecule has 0 fully saturated rings. The fourth-order valence-electron chi connectivity index (χ4n) is 7.80. The number of rotatable bonds is 9. The van der Waals surface area contributed by atoms with Gasteiger partial charge in [0, 0.05) is 11.1 Å². The van der Waals surface area contributed by atoms with Crippen molar-refractivity contribution in [3.8, 4) is 28.4 Å². The molecule has 0 spiro atoms. The van der Waals surface area contributed by atoms with Gasteiger partial charge in [-0.05, 0) is 99.7 Å². The largest absolute Gasteiger partial charge is 0.436 e. The van der Waals surface area contributed by atoms with E-state index in [-0.39, 0.29) is 21.7 Å². The first-order chi connectivity index (χ1) is 23.5. The van der Waals surface area contributed by atoms with E-state index < -0.39 is 0 Å². The van der Waals surface area contributed by atoms with Crippen LogP contribution in [0.3, 0.4) is 0 Å². The lowest BCUT2D eigenvalue weighted by Crippen LogP contribution is -2.24. The smallest absolute Gasteiger partial charge is 0.227 e. The lowest BCUT2D eigenvalue weighted by molar-refractivity contribution is 0.283. The Kier molecular flexibility index (Phi) is 9.28. The highest BCUT2D eigenvalue weighted by Crippen LogP contribution is 2.38. The summed E-state index contributed by atoms with van der Waals surface area (Å²) in [5.41, 5.74) is 11.2. The number of nitrogens with zero attached hydrogens (tertiary/aromatic N) is 3. The molecular weight excluding hydrogens is 611 g/mol. The molecule has 2 heterocycles. The molecule has 0 aliphatic rings. The highest BCUT2D eigenvalue weighted by Gasteiger charge is 2.28. The van der Waals surface area contributed by atoms with Crippen LogP contribution in [0.25, 0.3) is 51.7 Å². The van der Waals surface area contributed by atoms with Gasteiger partial charge in [0.15, 0.2) is 5.58 Å². The van der Waals surface area contributed by atoms with Crippen LogP contribution in [0.15, 0.2) is 108 Å². The van der Waals surface area contributed by atoms with E-state index in [1.54, 1.807) is 0 Å². The summed E-state index contributed by atoms with van der Waals surface area (Å²) in [5.74, 6) is 0.614. The molecule has 6 aromatic rings. The van der Waals surface area contributed by atoms with Gasteiger partial charge in [-0.3, -0.25) is 0 Å². The highest BCUT2D eigenvalue weighted by molar-refractivity contribution is 5.76. The molecule has 0 N–H and O–H groups in total. The van der Waals surface area contributed by atoms with Gasteiger partial charge in [-0.15, -0.1) is 0 Å². The summed E-state index contributed by atoms with van der Waals surface area (Å²) in [6, 6.07) is 36.4. The Labute approximate surface area is 299 Å². The number of aromatic nitrogens is 3. The van der Waals surface area contributed by atoms with Crippen LogP contribution in [0.4, 0.5) is 0 Å². The Bertz CT molecular complexity index is 2060. The molecule has 0 unspecified atom stereocenters. The van der Waals surface area contributed by atoms with Gasteiger partial charge in [-0.2, -0.15) is 5.10 Å². The Hall–Kier alpha value is -4.70. The summed E-state index contributed by atoms with van der Waals surface area (Å²) in [4.78, 5) is 4.69. The molecule has 2 aromatic heterocycles. The summed E-state index contributed by atoms with van der Waals surface area (Å²) >= 11 is 0. The molecule has 258 valence electrons. The van der Waals surface area contributed by atoms with E-state index in [9.17, 15) is 0 Å². The van der Waals surface area contributed by atoms with E-state index in [4.69, 9.17) is 14.5 Å². The van der Waals surface area contributed by atoms with E-state index in [2.05, 4.69) is 160 Å². The van der Waals surface area contributed by atoms with E-state index in [0.29, 0.717) is 5.89 Å². The van der Waals surface area contributed by atoms with Crippen molar-refractivity contribution in [2.24, 2.45) is 10.8 Å². The minimum atomic E-state index is 0.0724. The molecule has 0 atom stereocenters. The van der Waals surface area contributed by atoms with Crippen molar-refractivity contribution in [2.75, 3.05) is 0 Å². The van der Waals surface area contributed by atoms with Crippen LogP contribution in [-0.2, 0) is 10.8 Å². The Morgan fingerprint density at radius 1 is 0.600 bits per heavy atom. The lowest BCUT2D eigenvalue weighted by Gasteiger charge is -2.33. The van der Waals surface area contributed by atoms with Crippen molar-refractivity contribution in [1.82, 2.24) is 14.8 Å². The Morgan fingerprint density at radius 3 is 1.70 bits per heavy atom. The van der Waals surface area contributed by atoms with Gasteiger partial charge >= 0.3 is 0 Å². The van der Waals surface area contributed by atoms with E-state index in [1.807, 2.05) is 28.9 Å². The van der Waals surface area contributed by atoms with Crippen LogP contribution >= 0.6 is 0 Å². The third kappa shape index (κ3) is 8.18. The molecule has 0 bridgehead atoms. The second kappa shape index (κ2) is 13.2. The van der Waals surface area contributed by atoms with Gasteiger partial charge in [-0.25, -0.2) is 9.67 Å². The average Bonchev–Trinajstić information content (AvgIpc) is 3.67. The number of benzene rings is 4. The maximum atomic E-state index is 6.04. The van der Waals surface area contributed by atoms with Crippen LogP contribution < -0.4 is 0 Å². The zero-order chi connectivity index (χ0) is 35.9. The first kappa shape index (κ1) is 35.1. The first-order valence-corrected chi connectivity index (χ1v) is 17.9. The average molecular weight is 664 g/mol. The van der Waals surface area contributed by atoms with Crippen LogP contribution in [0.2, 0.25) is 0 Å². The molecule has 4 aromatic carbocycles. The second-order valence-electron chi connectivity index (χ2n) is 17.7. The Balaban J connectivity index is 1.32. The van der Waals surface area contributed by atoms with Gasteiger partial charge < -0.3 is 4.42 Å². The normalized spacial score (nSPS) is 13.1. The maximum Gasteiger partial charge on any atom is 0.227 e. The first-order valence-electron chi connectivity index (χ1n) is 17.9. The number of para-hydroxylation sites is 2. The van der Waals surface area contributed by atoms with Gasteiger partial charge in [0.25, 0.3) is 0 Å². The van der Waals surface area contributed by atoms with Gasteiger partial charge in [0.1, 0.15) is 5.52 Å². The van der Waals surface area contributed by atoms with Crippen molar-refractivity contribution >= 4 is 23.3 Å².